The van der Waals surface area contributed by atoms with Gasteiger partial charge in [-0.25, -0.2) is 4.79 Å². The summed E-state index contributed by atoms with van der Waals surface area (Å²) < 4.78 is 9.97. The average Bonchev–Trinajstić information content (AvgIpc) is 2.72. The second kappa shape index (κ2) is 10.0. The molecule has 0 unspecified atom stereocenters. The van der Waals surface area contributed by atoms with E-state index in [1.54, 1.807) is 12.1 Å². The first-order valence-corrected chi connectivity index (χ1v) is 8.82. The number of amides is 2. The van der Waals surface area contributed by atoms with Crippen molar-refractivity contribution in [3.05, 3.63) is 63.7 Å². The summed E-state index contributed by atoms with van der Waals surface area (Å²) in [7, 11) is 2.56. The molecule has 10 nitrogen and oxygen atoms in total. The minimum absolute atomic E-state index is 0.0886. The lowest BCUT2D eigenvalue weighted by molar-refractivity contribution is -0.384. The van der Waals surface area contributed by atoms with Crippen LogP contribution in [-0.2, 0) is 20.7 Å². The number of rotatable bonds is 8. The molecule has 0 bridgehead atoms. The summed E-state index contributed by atoms with van der Waals surface area (Å²) in [6, 6.07) is 9.02. The lowest BCUT2D eigenvalue weighted by atomic mass is 10.0. The predicted molar refractivity (Wildman–Crippen MR) is 107 cm³/mol. The van der Waals surface area contributed by atoms with Crippen molar-refractivity contribution >= 4 is 29.2 Å². The molecule has 30 heavy (non-hydrogen) atoms. The Morgan fingerprint density at radius 2 is 1.87 bits per heavy atom. The first-order chi connectivity index (χ1) is 14.2. The maximum Gasteiger partial charge on any atom is 0.328 e. The molecule has 10 heteroatoms. The van der Waals surface area contributed by atoms with Crippen LogP contribution in [0.4, 0.5) is 11.4 Å². The van der Waals surface area contributed by atoms with E-state index in [4.69, 9.17) is 9.47 Å². The topological polar surface area (TPSA) is 137 Å². The number of nitrogens with one attached hydrogen (secondary N) is 2. The maximum atomic E-state index is 12.7. The first kappa shape index (κ1) is 22.3. The number of ether oxygens (including phenoxy) is 2. The summed E-state index contributed by atoms with van der Waals surface area (Å²) in [6.07, 6.45) is -0.0886. The Kier molecular flexibility index (Phi) is 7.45. The molecule has 158 valence electrons. The van der Waals surface area contributed by atoms with Gasteiger partial charge < -0.3 is 20.1 Å². The Morgan fingerprint density at radius 1 is 1.13 bits per heavy atom. The van der Waals surface area contributed by atoms with Gasteiger partial charge in [0.05, 0.1) is 19.1 Å². The van der Waals surface area contributed by atoms with E-state index < -0.39 is 22.8 Å². The molecule has 0 aromatic heterocycles. The number of non-ortho nitro benzene ring substituents is 1. The zero-order chi connectivity index (χ0) is 22.3. The van der Waals surface area contributed by atoms with Crippen LogP contribution in [0.3, 0.4) is 0 Å². The molecule has 2 aromatic rings. The van der Waals surface area contributed by atoms with Crippen LogP contribution < -0.4 is 15.4 Å². The van der Waals surface area contributed by atoms with Crippen molar-refractivity contribution in [3.63, 3.8) is 0 Å². The number of nitro benzene ring substituents is 1. The molecule has 0 saturated heterocycles. The fourth-order valence-electron chi connectivity index (χ4n) is 2.78. The van der Waals surface area contributed by atoms with Crippen molar-refractivity contribution in [2.24, 2.45) is 0 Å². The number of carbonyl (C=O) groups is 3. The SMILES string of the molecule is COC(=O)[C@@H](Cc1cc([N+](=O)[O-])ccc1OC)NC(=O)c1cccc(NC(C)=O)c1. The highest BCUT2D eigenvalue weighted by Crippen LogP contribution is 2.25. The molecule has 0 aliphatic carbocycles. The highest BCUT2D eigenvalue weighted by molar-refractivity contribution is 5.98. The molecule has 2 rings (SSSR count). The number of methoxy groups -OCH3 is 2. The molecule has 2 aromatic carbocycles. The lowest BCUT2D eigenvalue weighted by Crippen LogP contribution is -2.43. The Labute approximate surface area is 172 Å². The first-order valence-electron chi connectivity index (χ1n) is 8.82. The number of esters is 1. The maximum absolute atomic E-state index is 12.7. The van der Waals surface area contributed by atoms with Crippen LogP contribution in [0.2, 0.25) is 0 Å². The largest absolute Gasteiger partial charge is 0.496 e. The van der Waals surface area contributed by atoms with E-state index in [0.29, 0.717) is 17.0 Å². The van der Waals surface area contributed by atoms with Gasteiger partial charge in [-0.2, -0.15) is 0 Å². The third-order valence-corrected chi connectivity index (χ3v) is 4.13. The van der Waals surface area contributed by atoms with Gasteiger partial charge in [0.2, 0.25) is 5.91 Å². The van der Waals surface area contributed by atoms with Crippen molar-refractivity contribution in [1.29, 1.82) is 0 Å². The van der Waals surface area contributed by atoms with Gasteiger partial charge in [-0.05, 0) is 24.3 Å². The third-order valence-electron chi connectivity index (χ3n) is 4.13. The number of nitrogens with zero attached hydrogens (tertiary/aromatic N) is 1. The van der Waals surface area contributed by atoms with Gasteiger partial charge in [0.25, 0.3) is 11.6 Å². The van der Waals surface area contributed by atoms with E-state index in [1.807, 2.05) is 0 Å². The summed E-state index contributed by atoms with van der Waals surface area (Å²) >= 11 is 0. The summed E-state index contributed by atoms with van der Waals surface area (Å²) in [5.74, 6) is -1.27. The van der Waals surface area contributed by atoms with Gasteiger partial charge in [0.1, 0.15) is 11.8 Å². The highest BCUT2D eigenvalue weighted by Gasteiger charge is 2.25. The summed E-state index contributed by atoms with van der Waals surface area (Å²) in [4.78, 5) is 46.6. The second-order valence-corrected chi connectivity index (χ2v) is 6.27. The molecule has 0 aliphatic rings. The number of hydrogen-bond acceptors (Lipinski definition) is 7. The molecule has 0 aliphatic heterocycles. The monoisotopic (exact) mass is 415 g/mol. The smallest absolute Gasteiger partial charge is 0.328 e. The van der Waals surface area contributed by atoms with Crippen molar-refractivity contribution in [3.8, 4) is 5.75 Å². The van der Waals surface area contributed by atoms with E-state index in [1.165, 1.54) is 51.5 Å². The minimum atomic E-state index is -1.12. The summed E-state index contributed by atoms with van der Waals surface area (Å²) in [5.41, 5.74) is 0.810. The molecule has 0 fully saturated rings. The van der Waals surface area contributed by atoms with Crippen LogP contribution in [0, 0.1) is 10.1 Å². The van der Waals surface area contributed by atoms with Crippen molar-refractivity contribution in [2.45, 2.75) is 19.4 Å². The summed E-state index contributed by atoms with van der Waals surface area (Å²) in [6.45, 7) is 1.34. The Bertz CT molecular complexity index is 975. The van der Waals surface area contributed by atoms with Crippen LogP contribution in [-0.4, -0.2) is 43.0 Å². The summed E-state index contributed by atoms with van der Waals surface area (Å²) in [5, 5.41) is 16.2. The molecule has 0 heterocycles. The quantitative estimate of drug-likeness (QED) is 0.382. The fraction of sp³-hybridized carbons (Fsp3) is 0.250. The van der Waals surface area contributed by atoms with Gasteiger partial charge in [-0.15, -0.1) is 0 Å². The van der Waals surface area contributed by atoms with Crippen LogP contribution in [0.25, 0.3) is 0 Å². The van der Waals surface area contributed by atoms with E-state index in [2.05, 4.69) is 10.6 Å². The predicted octanol–water partition coefficient (Wildman–Crippen LogP) is 2.08. The van der Waals surface area contributed by atoms with E-state index in [0.717, 1.165) is 0 Å². The van der Waals surface area contributed by atoms with Crippen LogP contribution in [0.1, 0.15) is 22.8 Å². The Morgan fingerprint density at radius 3 is 2.47 bits per heavy atom. The molecule has 1 atom stereocenters. The van der Waals surface area contributed by atoms with Crippen LogP contribution >= 0.6 is 0 Å². The van der Waals surface area contributed by atoms with Crippen molar-refractivity contribution in [2.75, 3.05) is 19.5 Å². The molecule has 2 N–H and O–H groups in total. The van der Waals surface area contributed by atoms with Crippen LogP contribution in [0.5, 0.6) is 5.75 Å². The molecule has 0 saturated carbocycles. The Hall–Kier alpha value is -3.95. The average molecular weight is 415 g/mol. The van der Waals surface area contributed by atoms with Crippen molar-refractivity contribution in [1.82, 2.24) is 5.32 Å². The zero-order valence-electron chi connectivity index (χ0n) is 16.6. The molecule has 0 radical (unpaired) electrons. The number of nitro groups is 1. The van der Waals surface area contributed by atoms with E-state index in [-0.39, 0.29) is 23.6 Å². The Balaban J connectivity index is 2.28. The number of anilines is 1. The highest BCUT2D eigenvalue weighted by atomic mass is 16.6. The fourth-order valence-corrected chi connectivity index (χ4v) is 2.78. The van der Waals surface area contributed by atoms with Crippen LogP contribution in [0.15, 0.2) is 42.5 Å². The standard InChI is InChI=1S/C20H21N3O7/c1-12(24)21-15-6-4-5-13(9-15)19(25)22-17(20(26)30-3)11-14-10-16(23(27)28)7-8-18(14)29-2/h4-10,17H,11H2,1-3H3,(H,21,24)(H,22,25)/t17-/m1/s1. The van der Waals surface area contributed by atoms with E-state index >= 15 is 0 Å². The minimum Gasteiger partial charge on any atom is -0.496 e. The normalized spacial score (nSPS) is 11.2. The van der Waals surface area contributed by atoms with Gasteiger partial charge in [0, 0.05) is 42.3 Å². The molecule has 0 spiro atoms. The number of hydrogen-bond donors (Lipinski definition) is 2. The van der Waals surface area contributed by atoms with Gasteiger partial charge >= 0.3 is 5.97 Å². The number of carbonyl (C=O) groups excluding carboxylic acids is 3. The zero-order valence-corrected chi connectivity index (χ0v) is 16.6. The third kappa shape index (κ3) is 5.77. The molecular weight excluding hydrogens is 394 g/mol. The van der Waals surface area contributed by atoms with Crippen molar-refractivity contribution < 1.29 is 28.8 Å². The van der Waals surface area contributed by atoms with Gasteiger partial charge in [-0.1, -0.05) is 6.07 Å². The van der Waals surface area contributed by atoms with E-state index in [9.17, 15) is 24.5 Å². The number of benzene rings is 2. The molecule has 2 amide bonds. The van der Waals surface area contributed by atoms with Gasteiger partial charge in [0.15, 0.2) is 0 Å². The second-order valence-electron chi connectivity index (χ2n) is 6.27. The lowest BCUT2D eigenvalue weighted by Gasteiger charge is -2.18. The molecular formula is C20H21N3O7. The van der Waals surface area contributed by atoms with Gasteiger partial charge in [-0.3, -0.25) is 19.7 Å².